The summed E-state index contributed by atoms with van der Waals surface area (Å²) in [6.07, 6.45) is 2.54. The monoisotopic (exact) mass is 368 g/mol. The third-order valence-electron chi connectivity index (χ3n) is 3.66. The van der Waals surface area contributed by atoms with E-state index in [0.717, 1.165) is 5.69 Å². The summed E-state index contributed by atoms with van der Waals surface area (Å²) in [6, 6.07) is 12.2. The zero-order chi connectivity index (χ0) is 19.2. The first-order chi connectivity index (χ1) is 13.1. The fourth-order valence-electron chi connectivity index (χ4n) is 2.47. The quantitative estimate of drug-likeness (QED) is 0.481. The Bertz CT molecular complexity index is 930. The van der Waals surface area contributed by atoms with E-state index in [9.17, 15) is 14.9 Å². The van der Waals surface area contributed by atoms with Crippen LogP contribution in [0.1, 0.15) is 17.5 Å². The summed E-state index contributed by atoms with van der Waals surface area (Å²) in [5.41, 5.74) is 5.18. The summed E-state index contributed by atoms with van der Waals surface area (Å²) < 4.78 is 4.97. The van der Waals surface area contributed by atoms with Crippen LogP contribution in [0.4, 0.5) is 23.0 Å². The smallest absolute Gasteiger partial charge is 0.355 e. The standard InChI is InChI=1S/C17H16N6O4/c1-2-22(12-7-4-3-5-8-12)16-14(23(25)26)15(18-11-19-16)20-21-17(24)13-9-6-10-27-13/h3-11H,2H2,1H3,(H,21,24)(H,18,19,20). The van der Waals surface area contributed by atoms with Gasteiger partial charge in [-0.2, -0.15) is 0 Å². The Kier molecular flexibility index (Phi) is 5.26. The summed E-state index contributed by atoms with van der Waals surface area (Å²) in [5.74, 6) is -0.568. The van der Waals surface area contributed by atoms with E-state index in [1.54, 1.807) is 11.0 Å². The molecule has 1 aromatic carbocycles. The molecule has 0 aliphatic carbocycles. The molecule has 0 saturated heterocycles. The number of amides is 1. The SMILES string of the molecule is CCN(c1ccccc1)c1ncnc(NNC(=O)c2ccco2)c1[N+](=O)[O-]. The van der Waals surface area contributed by atoms with Gasteiger partial charge in [-0.25, -0.2) is 9.97 Å². The Labute approximate surface area is 154 Å². The molecule has 2 N–H and O–H groups in total. The van der Waals surface area contributed by atoms with Crippen LogP contribution >= 0.6 is 0 Å². The van der Waals surface area contributed by atoms with Gasteiger partial charge in [0.25, 0.3) is 0 Å². The topological polar surface area (TPSA) is 126 Å². The lowest BCUT2D eigenvalue weighted by molar-refractivity contribution is -0.383. The highest BCUT2D eigenvalue weighted by molar-refractivity contribution is 5.92. The Hall–Kier alpha value is -3.95. The van der Waals surface area contributed by atoms with E-state index in [1.165, 1.54) is 18.7 Å². The predicted molar refractivity (Wildman–Crippen MR) is 97.6 cm³/mol. The van der Waals surface area contributed by atoms with E-state index < -0.39 is 10.8 Å². The van der Waals surface area contributed by atoms with Gasteiger partial charge in [0.15, 0.2) is 5.76 Å². The molecular formula is C17H16N6O4. The molecule has 2 heterocycles. The number of nitrogens with zero attached hydrogens (tertiary/aromatic N) is 4. The van der Waals surface area contributed by atoms with E-state index in [4.69, 9.17) is 4.42 Å². The van der Waals surface area contributed by atoms with Gasteiger partial charge in [0.05, 0.1) is 11.2 Å². The molecule has 3 aromatic rings. The van der Waals surface area contributed by atoms with Crippen LogP contribution in [-0.2, 0) is 0 Å². The molecule has 0 unspecified atom stereocenters. The van der Waals surface area contributed by atoms with Gasteiger partial charge in [0.1, 0.15) is 6.33 Å². The molecule has 0 spiro atoms. The van der Waals surface area contributed by atoms with Gasteiger partial charge in [0.2, 0.25) is 11.6 Å². The van der Waals surface area contributed by atoms with Crippen LogP contribution in [0, 0.1) is 10.1 Å². The van der Waals surface area contributed by atoms with Gasteiger partial charge >= 0.3 is 11.6 Å². The number of carbonyl (C=O) groups is 1. The second-order valence-electron chi connectivity index (χ2n) is 5.29. The number of para-hydroxylation sites is 1. The number of rotatable bonds is 7. The van der Waals surface area contributed by atoms with Gasteiger partial charge in [0, 0.05) is 12.2 Å². The fourth-order valence-corrected chi connectivity index (χ4v) is 2.47. The van der Waals surface area contributed by atoms with Crippen LogP contribution in [0.25, 0.3) is 0 Å². The third-order valence-corrected chi connectivity index (χ3v) is 3.66. The zero-order valence-electron chi connectivity index (χ0n) is 14.3. The van der Waals surface area contributed by atoms with Crippen LogP contribution in [-0.4, -0.2) is 27.3 Å². The molecule has 3 rings (SSSR count). The molecule has 10 heteroatoms. The highest BCUT2D eigenvalue weighted by Gasteiger charge is 2.27. The van der Waals surface area contributed by atoms with Crippen LogP contribution in [0.3, 0.4) is 0 Å². The minimum atomic E-state index is -0.595. The maximum absolute atomic E-state index is 12.0. The van der Waals surface area contributed by atoms with E-state index in [-0.39, 0.29) is 23.1 Å². The van der Waals surface area contributed by atoms with Crippen LogP contribution in [0.15, 0.2) is 59.5 Å². The number of nitrogens with one attached hydrogen (secondary N) is 2. The third kappa shape index (κ3) is 3.84. The molecule has 10 nitrogen and oxygen atoms in total. The number of nitro groups is 1. The minimum Gasteiger partial charge on any atom is -0.459 e. The fraction of sp³-hybridized carbons (Fsp3) is 0.118. The summed E-state index contributed by atoms with van der Waals surface area (Å²) >= 11 is 0. The van der Waals surface area contributed by atoms with Crippen LogP contribution < -0.4 is 15.8 Å². The maximum atomic E-state index is 12.0. The number of carbonyl (C=O) groups excluding carboxylic acids is 1. The average Bonchev–Trinajstić information content (AvgIpc) is 3.22. The van der Waals surface area contributed by atoms with Crippen LogP contribution in [0.2, 0.25) is 0 Å². The highest BCUT2D eigenvalue weighted by Crippen LogP contribution is 2.35. The van der Waals surface area contributed by atoms with E-state index in [2.05, 4.69) is 20.8 Å². The molecule has 0 aliphatic rings. The van der Waals surface area contributed by atoms with Crippen molar-refractivity contribution in [2.45, 2.75) is 6.92 Å². The number of hydrogen-bond acceptors (Lipinski definition) is 8. The normalized spacial score (nSPS) is 10.3. The van der Waals surface area contributed by atoms with Crippen molar-refractivity contribution in [1.82, 2.24) is 15.4 Å². The summed E-state index contributed by atoms with van der Waals surface area (Å²) in [5, 5.41) is 11.7. The Morgan fingerprint density at radius 2 is 2.00 bits per heavy atom. The van der Waals surface area contributed by atoms with Crippen molar-refractivity contribution in [1.29, 1.82) is 0 Å². The van der Waals surface area contributed by atoms with Gasteiger partial charge in [-0.15, -0.1) is 0 Å². The summed E-state index contributed by atoms with van der Waals surface area (Å²) in [7, 11) is 0. The average molecular weight is 368 g/mol. The highest BCUT2D eigenvalue weighted by atomic mass is 16.6. The zero-order valence-corrected chi connectivity index (χ0v) is 14.3. The summed E-state index contributed by atoms with van der Waals surface area (Å²) in [4.78, 5) is 32.7. The van der Waals surface area contributed by atoms with E-state index in [0.29, 0.717) is 6.54 Å². The first-order valence-corrected chi connectivity index (χ1v) is 8.03. The summed E-state index contributed by atoms with van der Waals surface area (Å²) in [6.45, 7) is 2.30. The maximum Gasteiger partial charge on any atom is 0.355 e. The number of furan rings is 1. The number of aromatic nitrogens is 2. The molecule has 138 valence electrons. The van der Waals surface area contributed by atoms with Crippen molar-refractivity contribution in [3.63, 3.8) is 0 Å². The van der Waals surface area contributed by atoms with Crippen molar-refractivity contribution >= 4 is 28.9 Å². The number of hydrazine groups is 1. The van der Waals surface area contributed by atoms with Gasteiger partial charge in [-0.1, -0.05) is 18.2 Å². The van der Waals surface area contributed by atoms with Gasteiger partial charge < -0.3 is 9.32 Å². The number of benzene rings is 1. The van der Waals surface area contributed by atoms with E-state index in [1.807, 2.05) is 37.3 Å². The van der Waals surface area contributed by atoms with Crippen molar-refractivity contribution < 1.29 is 14.1 Å². The Morgan fingerprint density at radius 3 is 2.63 bits per heavy atom. The van der Waals surface area contributed by atoms with Gasteiger partial charge in [-0.3, -0.25) is 25.8 Å². The first-order valence-electron chi connectivity index (χ1n) is 8.03. The lowest BCUT2D eigenvalue weighted by Crippen LogP contribution is -2.30. The molecule has 1 amide bonds. The van der Waals surface area contributed by atoms with Crippen molar-refractivity contribution in [2.24, 2.45) is 0 Å². The molecule has 0 radical (unpaired) electrons. The molecule has 27 heavy (non-hydrogen) atoms. The molecule has 2 aromatic heterocycles. The molecule has 0 saturated carbocycles. The van der Waals surface area contributed by atoms with Crippen LogP contribution in [0.5, 0.6) is 0 Å². The molecule has 0 atom stereocenters. The largest absolute Gasteiger partial charge is 0.459 e. The lowest BCUT2D eigenvalue weighted by atomic mass is 10.2. The Morgan fingerprint density at radius 1 is 1.22 bits per heavy atom. The van der Waals surface area contributed by atoms with Gasteiger partial charge in [-0.05, 0) is 31.2 Å². The molecular weight excluding hydrogens is 352 g/mol. The predicted octanol–water partition coefficient (Wildman–Crippen LogP) is 2.89. The van der Waals surface area contributed by atoms with Crippen molar-refractivity contribution in [3.8, 4) is 0 Å². The number of hydrogen-bond donors (Lipinski definition) is 2. The second kappa shape index (κ2) is 7.95. The van der Waals surface area contributed by atoms with Crippen molar-refractivity contribution in [3.05, 3.63) is 70.9 Å². The molecule has 0 bridgehead atoms. The minimum absolute atomic E-state index is 0.0545. The molecule has 0 aliphatic heterocycles. The lowest BCUT2D eigenvalue weighted by Gasteiger charge is -2.22. The van der Waals surface area contributed by atoms with Crippen molar-refractivity contribution in [2.75, 3.05) is 16.9 Å². The van der Waals surface area contributed by atoms with E-state index >= 15 is 0 Å². The second-order valence-corrected chi connectivity index (χ2v) is 5.29. The first kappa shape index (κ1) is 17.9. The Balaban J connectivity index is 1.93. The molecule has 0 fully saturated rings. The number of anilines is 3.